The molecule has 3 nitrogen and oxygen atoms in total. The second-order valence-electron chi connectivity index (χ2n) is 3.83. The summed E-state index contributed by atoms with van der Waals surface area (Å²) in [5, 5.41) is 12.0. The minimum atomic E-state index is -0.129. The van der Waals surface area contributed by atoms with Crippen molar-refractivity contribution in [3.63, 3.8) is 0 Å². The third-order valence-electron chi connectivity index (χ3n) is 2.51. The fourth-order valence-electron chi connectivity index (χ4n) is 1.54. The minimum absolute atomic E-state index is 0.129. The lowest BCUT2D eigenvalue weighted by Gasteiger charge is -2.07. The lowest BCUT2D eigenvalue weighted by Crippen LogP contribution is -2.23. The normalized spacial score (nSPS) is 10.1. The van der Waals surface area contributed by atoms with Crippen LogP contribution in [0.25, 0.3) is 0 Å². The molecule has 2 aromatic carbocycles. The zero-order valence-electron chi connectivity index (χ0n) is 9.56. The summed E-state index contributed by atoms with van der Waals surface area (Å²) >= 11 is 3.34. The molecule has 0 aliphatic rings. The highest BCUT2D eigenvalue weighted by Gasteiger charge is 2.08. The summed E-state index contributed by atoms with van der Waals surface area (Å²) in [6.07, 6.45) is 0. The predicted octanol–water partition coefficient (Wildman–Crippen LogP) is 3.08. The molecule has 0 heterocycles. The summed E-state index contributed by atoms with van der Waals surface area (Å²) in [4.78, 5) is 11.9. The van der Waals surface area contributed by atoms with Crippen LogP contribution in [0, 0.1) is 0 Å². The van der Waals surface area contributed by atoms with Crippen LogP contribution in [0.1, 0.15) is 15.9 Å². The Morgan fingerprint density at radius 3 is 2.44 bits per heavy atom. The number of aromatic hydroxyl groups is 1. The molecule has 0 saturated heterocycles. The van der Waals surface area contributed by atoms with Gasteiger partial charge in [0.15, 0.2) is 0 Å². The Balaban J connectivity index is 2.01. The van der Waals surface area contributed by atoms with Crippen molar-refractivity contribution < 1.29 is 9.90 Å². The highest BCUT2D eigenvalue weighted by molar-refractivity contribution is 9.10. The fourth-order valence-corrected chi connectivity index (χ4v) is 2.00. The molecule has 0 aliphatic carbocycles. The Hall–Kier alpha value is -1.81. The molecule has 0 saturated carbocycles. The molecule has 0 fully saturated rings. The number of phenols is 1. The highest BCUT2D eigenvalue weighted by Crippen LogP contribution is 2.16. The van der Waals surface area contributed by atoms with Gasteiger partial charge in [0, 0.05) is 11.0 Å². The van der Waals surface area contributed by atoms with E-state index in [9.17, 15) is 4.79 Å². The molecule has 0 bridgehead atoms. The van der Waals surface area contributed by atoms with Gasteiger partial charge in [-0.3, -0.25) is 4.79 Å². The van der Waals surface area contributed by atoms with Gasteiger partial charge in [-0.05, 0) is 45.8 Å². The van der Waals surface area contributed by atoms with Crippen molar-refractivity contribution in [3.8, 4) is 5.75 Å². The van der Waals surface area contributed by atoms with Gasteiger partial charge in [0.1, 0.15) is 5.75 Å². The fraction of sp³-hybridized carbons (Fsp3) is 0.0714. The average molecular weight is 306 g/mol. The quantitative estimate of drug-likeness (QED) is 0.915. The van der Waals surface area contributed by atoms with Crippen molar-refractivity contribution >= 4 is 21.8 Å². The molecule has 4 heteroatoms. The summed E-state index contributed by atoms with van der Waals surface area (Å²) in [6.45, 7) is 0.431. The topological polar surface area (TPSA) is 49.3 Å². The maximum atomic E-state index is 11.9. The smallest absolute Gasteiger partial charge is 0.252 e. The molecular formula is C14H12BrNO2. The van der Waals surface area contributed by atoms with E-state index < -0.39 is 0 Å². The maximum Gasteiger partial charge on any atom is 0.252 e. The Bertz CT molecular complexity index is 552. The first kappa shape index (κ1) is 12.6. The average Bonchev–Trinajstić information content (AvgIpc) is 2.38. The molecular weight excluding hydrogens is 294 g/mol. The molecule has 92 valence electrons. The number of carbonyl (C=O) groups is 1. The van der Waals surface area contributed by atoms with Gasteiger partial charge in [-0.2, -0.15) is 0 Å². The first-order valence-electron chi connectivity index (χ1n) is 5.47. The molecule has 0 atom stereocenters. The maximum absolute atomic E-state index is 11.9. The molecule has 18 heavy (non-hydrogen) atoms. The molecule has 0 aliphatic heterocycles. The summed E-state index contributed by atoms with van der Waals surface area (Å²) in [6, 6.07) is 14.0. The van der Waals surface area contributed by atoms with Gasteiger partial charge < -0.3 is 10.4 Å². The molecule has 1 amide bonds. The molecule has 2 aromatic rings. The Morgan fingerprint density at radius 2 is 1.78 bits per heavy atom. The molecule has 0 aromatic heterocycles. The Labute approximate surface area is 114 Å². The van der Waals surface area contributed by atoms with Gasteiger partial charge in [-0.25, -0.2) is 0 Å². The first-order chi connectivity index (χ1) is 8.66. The van der Waals surface area contributed by atoms with Gasteiger partial charge in [-0.15, -0.1) is 0 Å². The van der Waals surface area contributed by atoms with E-state index in [-0.39, 0.29) is 11.7 Å². The number of halogens is 1. The van der Waals surface area contributed by atoms with Gasteiger partial charge in [0.25, 0.3) is 5.91 Å². The number of phenolic OH excluding ortho intramolecular Hbond substituents is 1. The van der Waals surface area contributed by atoms with Crippen molar-refractivity contribution in [2.75, 3.05) is 0 Å². The SMILES string of the molecule is O=C(NCc1ccc(O)cc1)c1ccccc1Br. The zero-order chi connectivity index (χ0) is 13.0. The van der Waals surface area contributed by atoms with Crippen LogP contribution in [0.3, 0.4) is 0 Å². The van der Waals surface area contributed by atoms with Crippen molar-refractivity contribution in [3.05, 3.63) is 64.1 Å². The number of benzene rings is 2. The Morgan fingerprint density at radius 1 is 1.11 bits per heavy atom. The number of amides is 1. The van der Waals surface area contributed by atoms with Crippen molar-refractivity contribution in [1.82, 2.24) is 5.32 Å². The van der Waals surface area contributed by atoms with Crippen LogP contribution in [-0.4, -0.2) is 11.0 Å². The van der Waals surface area contributed by atoms with Gasteiger partial charge >= 0.3 is 0 Å². The van der Waals surface area contributed by atoms with E-state index >= 15 is 0 Å². The van der Waals surface area contributed by atoms with E-state index in [1.165, 1.54) is 0 Å². The zero-order valence-corrected chi connectivity index (χ0v) is 11.1. The van der Waals surface area contributed by atoms with E-state index in [4.69, 9.17) is 5.11 Å². The van der Waals surface area contributed by atoms with E-state index in [0.717, 1.165) is 10.0 Å². The number of hydrogen-bond donors (Lipinski definition) is 2. The number of hydrogen-bond acceptors (Lipinski definition) is 2. The van der Waals surface area contributed by atoms with E-state index in [2.05, 4.69) is 21.2 Å². The number of carbonyl (C=O) groups excluding carboxylic acids is 1. The molecule has 2 N–H and O–H groups in total. The lowest BCUT2D eigenvalue weighted by molar-refractivity contribution is 0.0950. The third kappa shape index (κ3) is 3.11. The number of nitrogens with one attached hydrogen (secondary N) is 1. The van der Waals surface area contributed by atoms with Crippen LogP contribution >= 0.6 is 15.9 Å². The van der Waals surface area contributed by atoms with Crippen LogP contribution in [0.15, 0.2) is 53.0 Å². The minimum Gasteiger partial charge on any atom is -0.508 e. The largest absolute Gasteiger partial charge is 0.508 e. The van der Waals surface area contributed by atoms with Crippen molar-refractivity contribution in [1.29, 1.82) is 0 Å². The predicted molar refractivity (Wildman–Crippen MR) is 73.4 cm³/mol. The summed E-state index contributed by atoms with van der Waals surface area (Å²) in [5.74, 6) is 0.0893. The van der Waals surface area contributed by atoms with Crippen molar-refractivity contribution in [2.45, 2.75) is 6.54 Å². The Kier molecular flexibility index (Phi) is 3.99. The van der Waals surface area contributed by atoms with Crippen LogP contribution in [-0.2, 0) is 6.54 Å². The summed E-state index contributed by atoms with van der Waals surface area (Å²) in [7, 11) is 0. The molecule has 2 rings (SSSR count). The van der Waals surface area contributed by atoms with E-state index in [1.807, 2.05) is 18.2 Å². The van der Waals surface area contributed by atoms with Crippen LogP contribution in [0.2, 0.25) is 0 Å². The molecule has 0 unspecified atom stereocenters. The summed E-state index contributed by atoms with van der Waals surface area (Å²) < 4.78 is 0.771. The highest BCUT2D eigenvalue weighted by atomic mass is 79.9. The molecule has 0 spiro atoms. The lowest BCUT2D eigenvalue weighted by atomic mass is 10.2. The second kappa shape index (κ2) is 5.69. The standard InChI is InChI=1S/C14H12BrNO2/c15-13-4-2-1-3-12(13)14(18)16-9-10-5-7-11(17)8-6-10/h1-8,17H,9H2,(H,16,18). The van der Waals surface area contributed by atoms with Gasteiger partial charge in [-0.1, -0.05) is 24.3 Å². The van der Waals surface area contributed by atoms with E-state index in [0.29, 0.717) is 12.1 Å². The third-order valence-corrected chi connectivity index (χ3v) is 3.20. The second-order valence-corrected chi connectivity index (χ2v) is 4.68. The van der Waals surface area contributed by atoms with Gasteiger partial charge in [0.2, 0.25) is 0 Å². The van der Waals surface area contributed by atoms with Crippen LogP contribution in [0.4, 0.5) is 0 Å². The van der Waals surface area contributed by atoms with Gasteiger partial charge in [0.05, 0.1) is 5.56 Å². The van der Waals surface area contributed by atoms with Crippen LogP contribution < -0.4 is 5.32 Å². The van der Waals surface area contributed by atoms with Crippen LogP contribution in [0.5, 0.6) is 5.75 Å². The number of rotatable bonds is 3. The van der Waals surface area contributed by atoms with Crippen molar-refractivity contribution in [2.24, 2.45) is 0 Å². The van der Waals surface area contributed by atoms with E-state index in [1.54, 1.807) is 30.3 Å². The summed E-state index contributed by atoms with van der Waals surface area (Å²) in [5.41, 5.74) is 1.55. The monoisotopic (exact) mass is 305 g/mol. The first-order valence-corrected chi connectivity index (χ1v) is 6.27. The molecule has 0 radical (unpaired) electrons.